The van der Waals surface area contributed by atoms with Crippen molar-refractivity contribution in [2.75, 3.05) is 5.32 Å². The number of aryl methyl sites for hydroxylation is 2. The molecule has 156 valence electrons. The Kier molecular flexibility index (Phi) is 4.32. The van der Waals surface area contributed by atoms with Crippen LogP contribution in [0, 0.1) is 12.8 Å². The Morgan fingerprint density at radius 2 is 2.20 bits per heavy atom. The molecule has 3 atom stereocenters. The minimum Gasteiger partial charge on any atom is -0.340 e. The molecule has 2 aliphatic rings. The highest BCUT2D eigenvalue weighted by Gasteiger charge is 2.61. The molecule has 0 radical (unpaired) electrons. The lowest BCUT2D eigenvalue weighted by Crippen LogP contribution is -2.70. The van der Waals surface area contributed by atoms with Crippen molar-refractivity contribution in [3.8, 4) is 11.4 Å². The summed E-state index contributed by atoms with van der Waals surface area (Å²) in [5.41, 5.74) is 0.780. The molecule has 0 spiro atoms. The summed E-state index contributed by atoms with van der Waals surface area (Å²) in [6, 6.07) is 5.29. The maximum atomic E-state index is 13.3. The smallest absolute Gasteiger partial charge is 0.322 e. The Hall–Kier alpha value is -2.94. The van der Waals surface area contributed by atoms with Gasteiger partial charge in [-0.25, -0.2) is 9.78 Å². The van der Waals surface area contributed by atoms with Gasteiger partial charge in [-0.3, -0.25) is 4.68 Å². The molecule has 3 aromatic rings. The van der Waals surface area contributed by atoms with Crippen LogP contribution < -0.4 is 5.32 Å². The largest absolute Gasteiger partial charge is 0.340 e. The van der Waals surface area contributed by atoms with E-state index in [1.54, 1.807) is 43.2 Å². The first-order valence-corrected chi connectivity index (χ1v) is 10.3. The van der Waals surface area contributed by atoms with Crippen LogP contribution in [0.3, 0.4) is 0 Å². The van der Waals surface area contributed by atoms with Crippen LogP contribution in [0.15, 0.2) is 29.0 Å². The highest BCUT2D eigenvalue weighted by atomic mass is 35.5. The number of halogens is 1. The van der Waals surface area contributed by atoms with Gasteiger partial charge in [-0.2, -0.15) is 10.1 Å². The molecule has 1 saturated heterocycles. The molecule has 0 unspecified atom stereocenters. The van der Waals surface area contributed by atoms with Crippen molar-refractivity contribution < 1.29 is 9.32 Å². The topological polar surface area (TPSA) is 102 Å². The molecule has 2 amide bonds. The first kappa shape index (κ1) is 19.0. The number of anilines is 1. The molecule has 1 saturated carbocycles. The number of carbonyl (C=O) groups excluding carboxylic acids is 1. The van der Waals surface area contributed by atoms with Gasteiger partial charge in [0.15, 0.2) is 11.6 Å². The van der Waals surface area contributed by atoms with Gasteiger partial charge in [0.2, 0.25) is 5.89 Å². The number of hydrogen-bond acceptors (Lipinski definition) is 6. The van der Waals surface area contributed by atoms with E-state index in [0.29, 0.717) is 39.7 Å². The lowest BCUT2D eigenvalue weighted by atomic mass is 9.64. The second kappa shape index (κ2) is 6.80. The van der Waals surface area contributed by atoms with E-state index in [1.807, 2.05) is 4.90 Å². The van der Waals surface area contributed by atoms with Crippen LogP contribution in [0.1, 0.15) is 37.9 Å². The van der Waals surface area contributed by atoms with Crippen LogP contribution in [0.5, 0.6) is 0 Å². The summed E-state index contributed by atoms with van der Waals surface area (Å²) >= 11 is 6.34. The maximum absolute atomic E-state index is 13.3. The van der Waals surface area contributed by atoms with Crippen molar-refractivity contribution in [3.63, 3.8) is 0 Å². The minimum absolute atomic E-state index is 0.164. The zero-order valence-corrected chi connectivity index (χ0v) is 17.7. The molecule has 1 aromatic carbocycles. The number of nitrogens with zero attached hydrogens (tertiary/aromatic N) is 6. The third-order valence-corrected chi connectivity index (χ3v) is 6.31. The van der Waals surface area contributed by atoms with Crippen molar-refractivity contribution >= 4 is 23.3 Å². The number of rotatable bonds is 3. The fourth-order valence-corrected chi connectivity index (χ4v) is 5.07. The number of piperidine rings is 1. The van der Waals surface area contributed by atoms with Crippen LogP contribution in [0.25, 0.3) is 11.4 Å². The fourth-order valence-electron chi connectivity index (χ4n) is 4.87. The van der Waals surface area contributed by atoms with E-state index in [4.69, 9.17) is 16.1 Å². The SMILES string of the molecule is Cc1nc([C@@]23C[C@H](C)C[C@@H](C2)N3C(=O)Nc2ccc(Cl)c(-c3ncn(C)n3)c2)no1. The number of benzene rings is 1. The number of urea groups is 1. The molecule has 2 fully saturated rings. The summed E-state index contributed by atoms with van der Waals surface area (Å²) in [6.07, 6.45) is 4.25. The number of amides is 2. The molecular weight excluding hydrogens is 406 g/mol. The zero-order chi connectivity index (χ0) is 21.0. The highest BCUT2D eigenvalue weighted by molar-refractivity contribution is 6.33. The van der Waals surface area contributed by atoms with E-state index >= 15 is 0 Å². The van der Waals surface area contributed by atoms with Gasteiger partial charge in [-0.1, -0.05) is 23.7 Å². The molecule has 9 nitrogen and oxygen atoms in total. The predicted molar refractivity (Wildman–Crippen MR) is 110 cm³/mol. The van der Waals surface area contributed by atoms with Gasteiger partial charge in [0.25, 0.3) is 0 Å². The van der Waals surface area contributed by atoms with Crippen molar-refractivity contribution in [1.82, 2.24) is 29.8 Å². The Balaban J connectivity index is 1.43. The molecule has 10 heteroatoms. The van der Waals surface area contributed by atoms with Crippen molar-refractivity contribution in [3.05, 3.63) is 41.3 Å². The fraction of sp³-hybridized carbons (Fsp3) is 0.450. The average Bonchev–Trinajstić information content (AvgIpc) is 3.31. The summed E-state index contributed by atoms with van der Waals surface area (Å²) in [7, 11) is 1.79. The normalized spacial score (nSPS) is 25.1. The van der Waals surface area contributed by atoms with Crippen molar-refractivity contribution in [2.45, 2.75) is 44.7 Å². The molecule has 3 heterocycles. The zero-order valence-electron chi connectivity index (χ0n) is 17.0. The second-order valence-corrected chi connectivity index (χ2v) is 8.72. The first-order valence-electron chi connectivity index (χ1n) is 9.92. The van der Waals surface area contributed by atoms with Gasteiger partial charge in [-0.15, -0.1) is 0 Å². The first-order chi connectivity index (χ1) is 14.4. The quantitative estimate of drug-likeness (QED) is 0.682. The van der Waals surface area contributed by atoms with Crippen LogP contribution in [0.2, 0.25) is 5.02 Å². The molecule has 1 aliphatic heterocycles. The summed E-state index contributed by atoms with van der Waals surface area (Å²) in [5, 5.41) is 12.0. The van der Waals surface area contributed by atoms with E-state index in [2.05, 4.69) is 32.5 Å². The number of carbonyl (C=O) groups is 1. The third-order valence-electron chi connectivity index (χ3n) is 5.98. The number of likely N-dealkylation sites (tertiary alicyclic amines) is 1. The summed E-state index contributed by atoms with van der Waals surface area (Å²) in [4.78, 5) is 23.9. The minimum atomic E-state index is -0.512. The predicted octanol–water partition coefficient (Wildman–Crippen LogP) is 3.76. The van der Waals surface area contributed by atoms with Crippen molar-refractivity contribution in [1.29, 1.82) is 0 Å². The van der Waals surface area contributed by atoms with E-state index in [0.717, 1.165) is 19.3 Å². The van der Waals surface area contributed by atoms with Crippen LogP contribution in [0.4, 0.5) is 10.5 Å². The van der Waals surface area contributed by atoms with Crippen LogP contribution in [-0.4, -0.2) is 41.9 Å². The van der Waals surface area contributed by atoms with E-state index in [9.17, 15) is 4.79 Å². The average molecular weight is 428 g/mol. The van der Waals surface area contributed by atoms with Gasteiger partial charge in [0.1, 0.15) is 11.9 Å². The summed E-state index contributed by atoms with van der Waals surface area (Å²) in [5.74, 6) is 2.09. The van der Waals surface area contributed by atoms with Gasteiger partial charge < -0.3 is 14.7 Å². The third kappa shape index (κ3) is 2.96. The number of fused-ring (bicyclic) bond motifs is 2. The molecule has 2 aromatic heterocycles. The van der Waals surface area contributed by atoms with Gasteiger partial charge in [0.05, 0.1) is 5.02 Å². The Morgan fingerprint density at radius 1 is 1.37 bits per heavy atom. The van der Waals surface area contributed by atoms with Crippen LogP contribution >= 0.6 is 11.6 Å². The van der Waals surface area contributed by atoms with Gasteiger partial charge >= 0.3 is 6.03 Å². The summed E-state index contributed by atoms with van der Waals surface area (Å²) in [6.45, 7) is 3.97. The number of aromatic nitrogens is 5. The van der Waals surface area contributed by atoms with E-state index in [1.165, 1.54) is 0 Å². The van der Waals surface area contributed by atoms with Crippen LogP contribution in [-0.2, 0) is 12.6 Å². The molecule has 30 heavy (non-hydrogen) atoms. The van der Waals surface area contributed by atoms with Crippen molar-refractivity contribution in [2.24, 2.45) is 13.0 Å². The molecule has 5 rings (SSSR count). The molecule has 1 aliphatic carbocycles. The monoisotopic (exact) mass is 427 g/mol. The Labute approximate surface area is 178 Å². The number of nitrogens with one attached hydrogen (secondary N) is 1. The standard InChI is InChI=1S/C20H22ClN7O2/c1-11-6-14-9-20(8-11,18-23-12(2)30-26-18)28(14)19(29)24-13-4-5-16(21)15(7-13)17-22-10-27(3)25-17/h4-5,7,10-11,14H,6,8-9H2,1-3H3,(H,24,29)/t11-,14+,20-/m1/s1. The lowest BCUT2D eigenvalue weighted by Gasteiger charge is -2.61. The number of hydrogen-bond donors (Lipinski definition) is 1. The second-order valence-electron chi connectivity index (χ2n) is 8.31. The van der Waals surface area contributed by atoms with E-state index in [-0.39, 0.29) is 12.1 Å². The van der Waals surface area contributed by atoms with E-state index < -0.39 is 5.54 Å². The summed E-state index contributed by atoms with van der Waals surface area (Å²) < 4.78 is 6.83. The molecule has 2 bridgehead atoms. The van der Waals surface area contributed by atoms with Gasteiger partial charge in [0, 0.05) is 31.3 Å². The Morgan fingerprint density at radius 3 is 2.90 bits per heavy atom. The Bertz CT molecular complexity index is 1130. The maximum Gasteiger partial charge on any atom is 0.322 e. The van der Waals surface area contributed by atoms with Gasteiger partial charge in [-0.05, 0) is 43.4 Å². The molecular formula is C20H22ClN7O2. The highest BCUT2D eigenvalue weighted by Crippen LogP contribution is 2.55. The lowest BCUT2D eigenvalue weighted by molar-refractivity contribution is -0.101. The molecule has 1 N–H and O–H groups in total.